The highest BCUT2D eigenvalue weighted by Gasteiger charge is 2.25. The van der Waals surface area contributed by atoms with Crippen LogP contribution in [-0.4, -0.2) is 36.0 Å². The summed E-state index contributed by atoms with van der Waals surface area (Å²) in [6.45, 7) is 1.57. The molecule has 12 nitrogen and oxygen atoms in total. The standard InChI is InChI=1S/C30H20N2O10S2/c1-15-11-12-20(22(13-15)43(36,37)38)42-21-14-19(32-44(39,40)41)24-25-23(17-9-5-6-10-18(17)29(24)34)26(30(35)31-27(21)25)28(33)16-7-3-2-4-8-16/h2-14,32-33H,1H3,(H,36,37,38)(H,39,40,41). The lowest BCUT2D eigenvalue weighted by Crippen LogP contribution is -2.33. The molecule has 0 aromatic heterocycles. The number of benzene rings is 4. The van der Waals surface area contributed by atoms with Crippen LogP contribution in [0, 0.1) is 17.4 Å². The Hall–Kier alpha value is -5.15. The quantitative estimate of drug-likeness (QED) is 0.197. The molecule has 222 valence electrons. The van der Waals surface area contributed by atoms with Gasteiger partial charge in [0.15, 0.2) is 11.2 Å². The number of aromatic nitrogens is 1. The predicted octanol–water partition coefficient (Wildman–Crippen LogP) is 3.27. The first-order valence-electron chi connectivity index (χ1n) is 12.7. The van der Waals surface area contributed by atoms with Crippen molar-refractivity contribution in [2.45, 2.75) is 11.8 Å². The maximum absolute atomic E-state index is 13.9. The number of aryl methyl sites for hydroxylation is 1. The van der Waals surface area contributed by atoms with E-state index in [0.717, 1.165) is 12.1 Å². The number of ether oxygens (including phenoxy) is 1. The van der Waals surface area contributed by atoms with Crippen molar-refractivity contribution in [1.82, 2.24) is 4.98 Å². The molecule has 1 heterocycles. The first-order chi connectivity index (χ1) is 20.7. The van der Waals surface area contributed by atoms with Gasteiger partial charge in [0.25, 0.3) is 15.7 Å². The SMILES string of the molecule is Cc1ccc(Oc2cc(NS(=O)(=O)O)c3c4c2nc(=O)c(=C(O)c2ccccc2)c=4c2ccccc2c3=O)c(S(=O)(=O)O)c1. The Morgan fingerprint density at radius 1 is 0.818 bits per heavy atom. The van der Waals surface area contributed by atoms with Gasteiger partial charge in [0, 0.05) is 27.5 Å². The van der Waals surface area contributed by atoms with Crippen LogP contribution in [0.25, 0.3) is 27.4 Å². The van der Waals surface area contributed by atoms with Gasteiger partial charge in [0.2, 0.25) is 0 Å². The fraction of sp³-hybridized carbons (Fsp3) is 0.0333. The van der Waals surface area contributed by atoms with E-state index < -0.39 is 59.3 Å². The highest BCUT2D eigenvalue weighted by atomic mass is 32.2. The molecule has 0 fully saturated rings. The van der Waals surface area contributed by atoms with Gasteiger partial charge in [-0.3, -0.25) is 23.4 Å². The second-order valence-electron chi connectivity index (χ2n) is 9.88. The predicted molar refractivity (Wildman–Crippen MR) is 161 cm³/mol. The van der Waals surface area contributed by atoms with E-state index in [4.69, 9.17) is 4.74 Å². The molecule has 0 spiro atoms. The van der Waals surface area contributed by atoms with Crippen molar-refractivity contribution in [2.75, 3.05) is 4.72 Å². The molecule has 0 saturated carbocycles. The van der Waals surface area contributed by atoms with Crippen molar-refractivity contribution in [1.29, 1.82) is 0 Å². The average molecular weight is 633 g/mol. The van der Waals surface area contributed by atoms with E-state index in [1.807, 2.05) is 4.72 Å². The van der Waals surface area contributed by atoms with E-state index in [1.54, 1.807) is 49.4 Å². The Labute approximate surface area is 248 Å². The maximum atomic E-state index is 13.9. The topological polar surface area (TPSA) is 197 Å². The third-order valence-electron chi connectivity index (χ3n) is 6.98. The summed E-state index contributed by atoms with van der Waals surface area (Å²) in [6.07, 6.45) is 0. The largest absolute Gasteiger partial charge is 0.506 e. The summed E-state index contributed by atoms with van der Waals surface area (Å²) in [5.41, 5.74) is -1.70. The Morgan fingerprint density at radius 3 is 2.14 bits per heavy atom. The Bertz CT molecular complexity index is 2610. The highest BCUT2D eigenvalue weighted by Crippen LogP contribution is 2.37. The van der Waals surface area contributed by atoms with E-state index in [-0.39, 0.29) is 42.9 Å². The first kappa shape index (κ1) is 28.9. The molecule has 0 atom stereocenters. The molecule has 0 bridgehead atoms. The number of hydrogen-bond donors (Lipinski definition) is 4. The molecule has 0 saturated heterocycles. The smallest absolute Gasteiger partial charge is 0.357 e. The maximum Gasteiger partial charge on any atom is 0.357 e. The molecule has 0 amide bonds. The van der Waals surface area contributed by atoms with Crippen LogP contribution in [0.3, 0.4) is 0 Å². The number of aliphatic hydroxyl groups is 1. The molecule has 6 rings (SSSR count). The zero-order chi connectivity index (χ0) is 31.6. The molecule has 44 heavy (non-hydrogen) atoms. The van der Waals surface area contributed by atoms with Gasteiger partial charge in [-0.2, -0.15) is 16.8 Å². The Balaban J connectivity index is 1.90. The number of nitrogens with one attached hydrogen (secondary N) is 1. The van der Waals surface area contributed by atoms with E-state index in [9.17, 15) is 40.6 Å². The van der Waals surface area contributed by atoms with Gasteiger partial charge in [-0.25, -0.2) is 4.98 Å². The molecular weight excluding hydrogens is 612 g/mol. The van der Waals surface area contributed by atoms with Crippen molar-refractivity contribution in [2.24, 2.45) is 0 Å². The lowest BCUT2D eigenvalue weighted by molar-refractivity contribution is 0.452. The van der Waals surface area contributed by atoms with E-state index in [1.165, 1.54) is 24.3 Å². The second-order valence-corrected chi connectivity index (χ2v) is 12.4. The summed E-state index contributed by atoms with van der Waals surface area (Å²) >= 11 is 0. The van der Waals surface area contributed by atoms with Crippen molar-refractivity contribution >= 4 is 53.5 Å². The summed E-state index contributed by atoms with van der Waals surface area (Å²) in [5.74, 6) is -1.29. The summed E-state index contributed by atoms with van der Waals surface area (Å²) in [4.78, 5) is 31.1. The number of rotatable bonds is 6. The van der Waals surface area contributed by atoms with Crippen molar-refractivity contribution in [3.05, 3.63) is 126 Å². The van der Waals surface area contributed by atoms with Crippen molar-refractivity contribution in [3.63, 3.8) is 0 Å². The van der Waals surface area contributed by atoms with Crippen molar-refractivity contribution < 1.29 is 35.8 Å². The van der Waals surface area contributed by atoms with Crippen LogP contribution in [0.15, 0.2) is 93.3 Å². The first-order valence-corrected chi connectivity index (χ1v) is 15.6. The minimum atomic E-state index is -5.00. The monoisotopic (exact) mass is 632 g/mol. The molecule has 1 aliphatic heterocycles. The third kappa shape index (κ3) is 4.95. The van der Waals surface area contributed by atoms with E-state index in [2.05, 4.69) is 4.98 Å². The van der Waals surface area contributed by atoms with Gasteiger partial charge in [-0.15, -0.1) is 0 Å². The van der Waals surface area contributed by atoms with E-state index in [0.29, 0.717) is 5.56 Å². The zero-order valence-electron chi connectivity index (χ0n) is 22.5. The molecule has 4 aromatic rings. The zero-order valence-corrected chi connectivity index (χ0v) is 24.1. The minimum Gasteiger partial charge on any atom is -0.506 e. The van der Waals surface area contributed by atoms with Crippen LogP contribution < -0.4 is 25.7 Å². The molecule has 4 aromatic carbocycles. The van der Waals surface area contributed by atoms with Crippen LogP contribution in [0.4, 0.5) is 5.69 Å². The normalized spacial score (nSPS) is 13.0. The fourth-order valence-corrected chi connectivity index (χ4v) is 6.35. The lowest BCUT2D eigenvalue weighted by Gasteiger charge is -2.16. The van der Waals surface area contributed by atoms with Gasteiger partial charge in [0.1, 0.15) is 21.9 Å². The summed E-state index contributed by atoms with van der Waals surface area (Å²) in [5, 5.41) is 11.0. The third-order valence-corrected chi connectivity index (χ3v) is 8.33. The summed E-state index contributed by atoms with van der Waals surface area (Å²) < 4.78 is 75.7. The van der Waals surface area contributed by atoms with Gasteiger partial charge in [-0.1, -0.05) is 60.7 Å². The number of nitrogens with zero attached hydrogens (tertiary/aromatic N) is 1. The molecule has 14 heteroatoms. The van der Waals surface area contributed by atoms with Crippen LogP contribution >= 0.6 is 0 Å². The Morgan fingerprint density at radius 2 is 1.48 bits per heavy atom. The van der Waals surface area contributed by atoms with E-state index >= 15 is 0 Å². The molecule has 1 aliphatic carbocycles. The van der Waals surface area contributed by atoms with Crippen LogP contribution in [-0.2, 0) is 20.4 Å². The molecule has 2 aliphatic rings. The molecule has 0 unspecified atom stereocenters. The minimum absolute atomic E-state index is 0.0225. The second kappa shape index (κ2) is 10.2. The van der Waals surface area contributed by atoms with Crippen LogP contribution in [0.1, 0.15) is 11.1 Å². The average Bonchev–Trinajstić information content (AvgIpc) is 2.96. The van der Waals surface area contributed by atoms with Gasteiger partial charge in [-0.05, 0) is 30.0 Å². The molecule has 4 N–H and O–H groups in total. The summed E-state index contributed by atoms with van der Waals surface area (Å²) in [6, 6.07) is 19.0. The van der Waals surface area contributed by atoms with Gasteiger partial charge >= 0.3 is 10.3 Å². The number of aliphatic hydroxyl groups excluding tert-OH is 1. The van der Waals surface area contributed by atoms with Crippen molar-refractivity contribution in [3.8, 4) is 11.5 Å². The van der Waals surface area contributed by atoms with Gasteiger partial charge < -0.3 is 9.84 Å². The lowest BCUT2D eigenvalue weighted by atomic mass is 9.96. The fourth-order valence-electron chi connectivity index (χ4n) is 5.21. The molecule has 0 radical (unpaired) electrons. The number of fused-ring (bicyclic) bond motifs is 2. The Kier molecular flexibility index (Phi) is 6.74. The summed E-state index contributed by atoms with van der Waals surface area (Å²) in [7, 11) is -9.84. The number of hydrogen-bond acceptors (Lipinski definition) is 9. The highest BCUT2D eigenvalue weighted by molar-refractivity contribution is 7.87. The van der Waals surface area contributed by atoms with Gasteiger partial charge in [0.05, 0.1) is 16.3 Å². The molecular formula is C30H20N2O10S2. The number of anilines is 1. The van der Waals surface area contributed by atoms with Crippen LogP contribution in [0.2, 0.25) is 0 Å². The van der Waals surface area contributed by atoms with Crippen LogP contribution in [0.5, 0.6) is 11.5 Å².